The van der Waals surface area contributed by atoms with E-state index in [1.807, 2.05) is 0 Å². The first kappa shape index (κ1) is 12.1. The number of nitrogens with zero attached hydrogens (tertiary/aromatic N) is 1. The number of ether oxygens (including phenoxy) is 1. The zero-order valence-electron chi connectivity index (χ0n) is 9.80. The van der Waals surface area contributed by atoms with Crippen molar-refractivity contribution in [1.29, 1.82) is 0 Å². The van der Waals surface area contributed by atoms with Gasteiger partial charge < -0.3 is 10.5 Å². The van der Waals surface area contributed by atoms with E-state index in [-0.39, 0.29) is 19.1 Å². The predicted molar refractivity (Wildman–Crippen MR) is 62.9 cm³/mol. The molecular formula is C12H12N2O4. The van der Waals surface area contributed by atoms with Gasteiger partial charge in [-0.25, -0.2) is 0 Å². The Kier molecular flexibility index (Phi) is 3.01. The SMILES string of the molecule is CC(=O)OCCN1C(=O)c2ccc(N)cc2C1=O. The normalized spacial score (nSPS) is 13.7. The fourth-order valence-electron chi connectivity index (χ4n) is 1.79. The molecule has 6 nitrogen and oxygen atoms in total. The third kappa shape index (κ3) is 2.04. The van der Waals surface area contributed by atoms with Gasteiger partial charge in [-0.2, -0.15) is 0 Å². The van der Waals surface area contributed by atoms with Crippen LogP contribution in [0.2, 0.25) is 0 Å². The number of amides is 2. The number of imide groups is 1. The highest BCUT2D eigenvalue weighted by Crippen LogP contribution is 2.24. The molecule has 0 spiro atoms. The first-order chi connectivity index (χ1) is 8.50. The summed E-state index contributed by atoms with van der Waals surface area (Å²) in [7, 11) is 0. The molecule has 1 aromatic rings. The van der Waals surface area contributed by atoms with Gasteiger partial charge in [-0.3, -0.25) is 19.3 Å². The van der Waals surface area contributed by atoms with Crippen LogP contribution in [-0.4, -0.2) is 35.8 Å². The minimum Gasteiger partial charge on any atom is -0.464 e. The molecule has 1 aromatic carbocycles. The summed E-state index contributed by atoms with van der Waals surface area (Å²) in [6.07, 6.45) is 0. The van der Waals surface area contributed by atoms with Crippen molar-refractivity contribution in [3.8, 4) is 0 Å². The molecule has 0 aliphatic carbocycles. The Morgan fingerprint density at radius 2 is 1.94 bits per heavy atom. The number of carbonyl (C=O) groups excluding carboxylic acids is 3. The van der Waals surface area contributed by atoms with Gasteiger partial charge in [0, 0.05) is 12.6 Å². The molecule has 94 valence electrons. The number of carbonyl (C=O) groups is 3. The molecule has 0 aromatic heterocycles. The summed E-state index contributed by atoms with van der Waals surface area (Å²) in [5, 5.41) is 0. The Morgan fingerprint density at radius 1 is 1.28 bits per heavy atom. The van der Waals surface area contributed by atoms with Gasteiger partial charge in [0.1, 0.15) is 6.61 Å². The lowest BCUT2D eigenvalue weighted by Crippen LogP contribution is -2.33. The molecular weight excluding hydrogens is 236 g/mol. The summed E-state index contributed by atoms with van der Waals surface area (Å²) in [4.78, 5) is 35.5. The van der Waals surface area contributed by atoms with Crippen LogP contribution < -0.4 is 5.73 Å². The molecule has 1 aliphatic rings. The van der Waals surface area contributed by atoms with Crippen molar-refractivity contribution in [2.45, 2.75) is 6.92 Å². The number of esters is 1. The summed E-state index contributed by atoms with van der Waals surface area (Å²) in [5.74, 6) is -1.24. The highest BCUT2D eigenvalue weighted by Gasteiger charge is 2.35. The molecule has 2 amide bonds. The average molecular weight is 248 g/mol. The Bertz CT molecular complexity index is 539. The van der Waals surface area contributed by atoms with Gasteiger partial charge in [0.25, 0.3) is 11.8 Å². The largest absolute Gasteiger partial charge is 0.464 e. The number of fused-ring (bicyclic) bond motifs is 1. The van der Waals surface area contributed by atoms with Crippen LogP contribution in [-0.2, 0) is 9.53 Å². The number of rotatable bonds is 3. The van der Waals surface area contributed by atoms with Gasteiger partial charge >= 0.3 is 5.97 Å². The maximum absolute atomic E-state index is 11.9. The summed E-state index contributed by atoms with van der Waals surface area (Å²) in [6.45, 7) is 1.31. The van der Waals surface area contributed by atoms with E-state index in [1.54, 1.807) is 6.07 Å². The summed E-state index contributed by atoms with van der Waals surface area (Å²) in [6, 6.07) is 4.57. The zero-order chi connectivity index (χ0) is 13.3. The van der Waals surface area contributed by atoms with E-state index in [9.17, 15) is 14.4 Å². The van der Waals surface area contributed by atoms with E-state index in [0.717, 1.165) is 4.90 Å². The molecule has 1 heterocycles. The number of nitrogen functional groups attached to an aromatic ring is 1. The minimum absolute atomic E-state index is 0.00369. The van der Waals surface area contributed by atoms with E-state index < -0.39 is 11.9 Å². The van der Waals surface area contributed by atoms with E-state index in [2.05, 4.69) is 0 Å². The van der Waals surface area contributed by atoms with Gasteiger partial charge in [-0.1, -0.05) is 0 Å². The van der Waals surface area contributed by atoms with Gasteiger partial charge in [-0.15, -0.1) is 0 Å². The summed E-state index contributed by atoms with van der Waals surface area (Å²) < 4.78 is 4.71. The second-order valence-electron chi connectivity index (χ2n) is 3.91. The lowest BCUT2D eigenvalue weighted by atomic mass is 10.1. The predicted octanol–water partition coefficient (Wildman–Crippen LogP) is 0.428. The summed E-state index contributed by atoms with van der Waals surface area (Å²) >= 11 is 0. The van der Waals surface area contributed by atoms with Crippen molar-refractivity contribution in [1.82, 2.24) is 4.90 Å². The van der Waals surface area contributed by atoms with Crippen molar-refractivity contribution in [3.63, 3.8) is 0 Å². The van der Waals surface area contributed by atoms with Crippen molar-refractivity contribution < 1.29 is 19.1 Å². The first-order valence-electron chi connectivity index (χ1n) is 5.40. The van der Waals surface area contributed by atoms with Gasteiger partial charge in [0.2, 0.25) is 0 Å². The molecule has 18 heavy (non-hydrogen) atoms. The third-order valence-electron chi connectivity index (χ3n) is 2.61. The highest BCUT2D eigenvalue weighted by molar-refractivity contribution is 6.21. The molecule has 2 rings (SSSR count). The lowest BCUT2D eigenvalue weighted by molar-refractivity contribution is -0.141. The van der Waals surface area contributed by atoms with Crippen LogP contribution in [0.3, 0.4) is 0 Å². The average Bonchev–Trinajstić information content (AvgIpc) is 2.53. The Balaban J connectivity index is 2.15. The van der Waals surface area contributed by atoms with Crippen LogP contribution in [0.1, 0.15) is 27.6 Å². The Labute approximate surface area is 103 Å². The summed E-state index contributed by atoms with van der Waals surface area (Å²) in [5.41, 5.74) is 6.62. The number of benzene rings is 1. The number of nitrogens with two attached hydrogens (primary N) is 1. The second-order valence-corrected chi connectivity index (χ2v) is 3.91. The molecule has 0 bridgehead atoms. The maximum atomic E-state index is 11.9. The van der Waals surface area contributed by atoms with Crippen molar-refractivity contribution in [2.24, 2.45) is 0 Å². The van der Waals surface area contributed by atoms with Crippen LogP contribution in [0, 0.1) is 0 Å². The minimum atomic E-state index is -0.448. The molecule has 0 unspecified atom stereocenters. The van der Waals surface area contributed by atoms with Crippen molar-refractivity contribution in [2.75, 3.05) is 18.9 Å². The molecule has 2 N–H and O–H groups in total. The van der Waals surface area contributed by atoms with Crippen LogP contribution in [0.5, 0.6) is 0 Å². The molecule has 1 aliphatic heterocycles. The second kappa shape index (κ2) is 4.48. The quantitative estimate of drug-likeness (QED) is 0.476. The van der Waals surface area contributed by atoms with Crippen LogP contribution in [0.15, 0.2) is 18.2 Å². The fourth-order valence-corrected chi connectivity index (χ4v) is 1.79. The first-order valence-corrected chi connectivity index (χ1v) is 5.40. The van der Waals surface area contributed by atoms with Crippen LogP contribution in [0.25, 0.3) is 0 Å². The van der Waals surface area contributed by atoms with E-state index in [0.29, 0.717) is 16.8 Å². The Morgan fingerprint density at radius 3 is 2.61 bits per heavy atom. The van der Waals surface area contributed by atoms with E-state index in [4.69, 9.17) is 10.5 Å². The number of hydrogen-bond acceptors (Lipinski definition) is 5. The molecule has 0 atom stereocenters. The smallest absolute Gasteiger partial charge is 0.302 e. The third-order valence-corrected chi connectivity index (χ3v) is 2.61. The van der Waals surface area contributed by atoms with Crippen LogP contribution in [0.4, 0.5) is 5.69 Å². The topological polar surface area (TPSA) is 89.7 Å². The van der Waals surface area contributed by atoms with E-state index in [1.165, 1.54) is 19.1 Å². The highest BCUT2D eigenvalue weighted by atomic mass is 16.5. The number of anilines is 1. The monoisotopic (exact) mass is 248 g/mol. The molecule has 0 fully saturated rings. The molecule has 0 saturated heterocycles. The molecule has 6 heteroatoms. The molecule has 0 radical (unpaired) electrons. The van der Waals surface area contributed by atoms with Crippen LogP contribution >= 0.6 is 0 Å². The van der Waals surface area contributed by atoms with Crippen molar-refractivity contribution in [3.05, 3.63) is 29.3 Å². The van der Waals surface area contributed by atoms with Gasteiger partial charge in [0.15, 0.2) is 0 Å². The van der Waals surface area contributed by atoms with Crippen molar-refractivity contribution >= 4 is 23.5 Å². The standard InChI is InChI=1S/C12H12N2O4/c1-7(15)18-5-4-14-11(16)9-3-2-8(13)6-10(9)12(14)17/h2-3,6H,4-5,13H2,1H3. The molecule has 0 saturated carbocycles. The zero-order valence-corrected chi connectivity index (χ0v) is 9.80. The van der Waals surface area contributed by atoms with Gasteiger partial charge in [0.05, 0.1) is 17.7 Å². The van der Waals surface area contributed by atoms with Gasteiger partial charge in [-0.05, 0) is 18.2 Å². The lowest BCUT2D eigenvalue weighted by Gasteiger charge is -2.12. The fraction of sp³-hybridized carbons (Fsp3) is 0.250. The maximum Gasteiger partial charge on any atom is 0.302 e. The Hall–Kier alpha value is -2.37. The number of hydrogen-bond donors (Lipinski definition) is 1. The van der Waals surface area contributed by atoms with E-state index >= 15 is 0 Å².